The van der Waals surface area contributed by atoms with Gasteiger partial charge in [-0.1, -0.05) is 6.07 Å². The van der Waals surface area contributed by atoms with Crippen LogP contribution >= 0.6 is 0 Å². The summed E-state index contributed by atoms with van der Waals surface area (Å²) in [5.41, 5.74) is 7.98. The number of aromatic nitrogens is 2. The molecule has 1 atom stereocenters. The van der Waals surface area contributed by atoms with Crippen molar-refractivity contribution >= 4 is 0 Å². The third-order valence-electron chi connectivity index (χ3n) is 3.24. The molecule has 102 valence electrons. The van der Waals surface area contributed by atoms with Crippen LogP contribution in [0.15, 0.2) is 30.5 Å². The number of aryl methyl sites for hydroxylation is 2. The minimum atomic E-state index is -0.379. The second-order valence-corrected chi connectivity index (χ2v) is 4.49. The van der Waals surface area contributed by atoms with E-state index in [4.69, 9.17) is 10.5 Å². The first-order chi connectivity index (χ1) is 9.11. The van der Waals surface area contributed by atoms with E-state index in [2.05, 4.69) is 5.10 Å². The van der Waals surface area contributed by atoms with Gasteiger partial charge in [0, 0.05) is 25.0 Å². The van der Waals surface area contributed by atoms with Crippen LogP contribution in [0.1, 0.15) is 23.7 Å². The average Bonchev–Trinajstić information content (AvgIpc) is 2.81. The highest BCUT2D eigenvalue weighted by molar-refractivity contribution is 5.30. The van der Waals surface area contributed by atoms with E-state index in [1.807, 2.05) is 17.8 Å². The second-order valence-electron chi connectivity index (χ2n) is 4.49. The second kappa shape index (κ2) is 5.84. The van der Waals surface area contributed by atoms with Crippen molar-refractivity contribution in [2.24, 2.45) is 12.8 Å². The zero-order valence-electron chi connectivity index (χ0n) is 11.1. The van der Waals surface area contributed by atoms with Gasteiger partial charge in [0.15, 0.2) is 11.6 Å². The Morgan fingerprint density at radius 1 is 1.42 bits per heavy atom. The molecule has 0 radical (unpaired) electrons. The first-order valence-corrected chi connectivity index (χ1v) is 6.17. The Balaban J connectivity index is 2.02. The smallest absolute Gasteiger partial charge is 0.165 e. The summed E-state index contributed by atoms with van der Waals surface area (Å²) >= 11 is 0. The fourth-order valence-corrected chi connectivity index (χ4v) is 2.03. The Labute approximate surface area is 112 Å². The van der Waals surface area contributed by atoms with E-state index in [9.17, 15) is 4.39 Å². The maximum absolute atomic E-state index is 13.6. The Morgan fingerprint density at radius 2 is 2.21 bits per heavy atom. The summed E-state index contributed by atoms with van der Waals surface area (Å²) in [5, 5.41) is 4.10. The maximum Gasteiger partial charge on any atom is 0.165 e. The Hall–Kier alpha value is -1.88. The van der Waals surface area contributed by atoms with Gasteiger partial charge in [0.25, 0.3) is 0 Å². The van der Waals surface area contributed by atoms with Crippen LogP contribution in [0.25, 0.3) is 0 Å². The zero-order chi connectivity index (χ0) is 13.8. The molecule has 0 saturated heterocycles. The van der Waals surface area contributed by atoms with E-state index >= 15 is 0 Å². The summed E-state index contributed by atoms with van der Waals surface area (Å²) in [6.45, 7) is 0. The number of nitrogens with zero attached hydrogens (tertiary/aromatic N) is 2. The predicted octanol–water partition coefficient (Wildman–Crippen LogP) is 2.20. The number of hydrogen-bond acceptors (Lipinski definition) is 3. The average molecular weight is 263 g/mol. The fraction of sp³-hybridized carbons (Fsp3) is 0.357. The van der Waals surface area contributed by atoms with Crippen molar-refractivity contribution in [1.82, 2.24) is 9.78 Å². The van der Waals surface area contributed by atoms with Crippen LogP contribution in [0, 0.1) is 5.82 Å². The van der Waals surface area contributed by atoms with Gasteiger partial charge in [0.05, 0.1) is 7.11 Å². The van der Waals surface area contributed by atoms with Crippen LogP contribution in [0.2, 0.25) is 0 Å². The van der Waals surface area contributed by atoms with Gasteiger partial charge in [0.1, 0.15) is 0 Å². The molecule has 1 heterocycles. The predicted molar refractivity (Wildman–Crippen MR) is 71.4 cm³/mol. The lowest BCUT2D eigenvalue weighted by Gasteiger charge is -2.13. The summed E-state index contributed by atoms with van der Waals surface area (Å²) in [4.78, 5) is 0. The SMILES string of the molecule is COc1ccc(C(N)CCc2ccnn2C)cc1F. The summed E-state index contributed by atoms with van der Waals surface area (Å²) in [6.07, 6.45) is 3.31. The van der Waals surface area contributed by atoms with E-state index in [1.165, 1.54) is 13.2 Å². The van der Waals surface area contributed by atoms with Gasteiger partial charge in [-0.05, 0) is 36.6 Å². The van der Waals surface area contributed by atoms with Gasteiger partial charge in [-0.15, -0.1) is 0 Å². The molecular formula is C14H18FN3O. The molecule has 0 fully saturated rings. The van der Waals surface area contributed by atoms with E-state index < -0.39 is 0 Å². The lowest BCUT2D eigenvalue weighted by molar-refractivity contribution is 0.385. The van der Waals surface area contributed by atoms with Crippen LogP contribution in [-0.2, 0) is 13.5 Å². The van der Waals surface area contributed by atoms with Crippen molar-refractivity contribution in [3.63, 3.8) is 0 Å². The molecule has 1 unspecified atom stereocenters. The van der Waals surface area contributed by atoms with Crippen LogP contribution in [0.3, 0.4) is 0 Å². The zero-order valence-corrected chi connectivity index (χ0v) is 11.1. The number of benzene rings is 1. The fourth-order valence-electron chi connectivity index (χ4n) is 2.03. The summed E-state index contributed by atoms with van der Waals surface area (Å²) < 4.78 is 20.3. The van der Waals surface area contributed by atoms with Crippen molar-refractivity contribution in [3.05, 3.63) is 47.5 Å². The van der Waals surface area contributed by atoms with E-state index in [0.29, 0.717) is 0 Å². The third kappa shape index (κ3) is 3.12. The molecule has 4 nitrogen and oxygen atoms in total. The lowest BCUT2D eigenvalue weighted by atomic mass is 10.0. The molecule has 0 aliphatic carbocycles. The van der Waals surface area contributed by atoms with Crippen molar-refractivity contribution in [2.45, 2.75) is 18.9 Å². The molecule has 0 spiro atoms. The van der Waals surface area contributed by atoms with Gasteiger partial charge in [-0.25, -0.2) is 4.39 Å². The minimum Gasteiger partial charge on any atom is -0.494 e. The first-order valence-electron chi connectivity index (χ1n) is 6.17. The van der Waals surface area contributed by atoms with Crippen LogP contribution in [-0.4, -0.2) is 16.9 Å². The van der Waals surface area contributed by atoms with E-state index in [1.54, 1.807) is 18.3 Å². The Kier molecular flexibility index (Phi) is 4.16. The highest BCUT2D eigenvalue weighted by atomic mass is 19.1. The van der Waals surface area contributed by atoms with Gasteiger partial charge in [-0.2, -0.15) is 5.10 Å². The molecule has 1 aromatic heterocycles. The summed E-state index contributed by atoms with van der Waals surface area (Å²) in [5.74, 6) is -0.140. The molecule has 0 aliphatic heterocycles. The number of nitrogens with two attached hydrogens (primary N) is 1. The molecule has 1 aromatic carbocycles. The normalized spacial score (nSPS) is 12.4. The molecule has 0 amide bonds. The highest BCUT2D eigenvalue weighted by Crippen LogP contribution is 2.23. The summed E-state index contributed by atoms with van der Waals surface area (Å²) in [6, 6.07) is 6.61. The first kappa shape index (κ1) is 13.5. The molecule has 2 aromatic rings. The number of methoxy groups -OCH3 is 1. The lowest BCUT2D eigenvalue weighted by Crippen LogP contribution is -2.12. The molecule has 2 N–H and O–H groups in total. The highest BCUT2D eigenvalue weighted by Gasteiger charge is 2.11. The Morgan fingerprint density at radius 3 is 2.79 bits per heavy atom. The summed E-state index contributed by atoms with van der Waals surface area (Å²) in [7, 11) is 3.34. The van der Waals surface area contributed by atoms with Crippen molar-refractivity contribution in [3.8, 4) is 5.75 Å². The number of halogens is 1. The van der Waals surface area contributed by atoms with E-state index in [0.717, 1.165) is 24.1 Å². The van der Waals surface area contributed by atoms with Gasteiger partial charge in [-0.3, -0.25) is 4.68 Å². The van der Waals surface area contributed by atoms with Gasteiger partial charge in [0.2, 0.25) is 0 Å². The largest absolute Gasteiger partial charge is 0.494 e. The molecule has 5 heteroatoms. The topological polar surface area (TPSA) is 53.1 Å². The van der Waals surface area contributed by atoms with Crippen molar-refractivity contribution in [2.75, 3.05) is 7.11 Å². The molecule has 19 heavy (non-hydrogen) atoms. The van der Waals surface area contributed by atoms with Gasteiger partial charge >= 0.3 is 0 Å². The third-order valence-corrected chi connectivity index (χ3v) is 3.24. The molecule has 0 aliphatic rings. The van der Waals surface area contributed by atoms with Crippen molar-refractivity contribution < 1.29 is 9.13 Å². The Bertz CT molecular complexity index is 553. The number of hydrogen-bond donors (Lipinski definition) is 1. The maximum atomic E-state index is 13.6. The molecular weight excluding hydrogens is 245 g/mol. The molecule has 0 saturated carbocycles. The van der Waals surface area contributed by atoms with Gasteiger partial charge < -0.3 is 10.5 Å². The molecule has 2 rings (SSSR count). The van der Waals surface area contributed by atoms with Crippen molar-refractivity contribution in [1.29, 1.82) is 0 Å². The number of ether oxygens (including phenoxy) is 1. The van der Waals surface area contributed by atoms with Crippen LogP contribution in [0.5, 0.6) is 5.75 Å². The number of rotatable bonds is 5. The molecule has 0 bridgehead atoms. The van der Waals surface area contributed by atoms with Crippen LogP contribution in [0.4, 0.5) is 4.39 Å². The quantitative estimate of drug-likeness (QED) is 0.899. The monoisotopic (exact) mass is 263 g/mol. The van der Waals surface area contributed by atoms with E-state index in [-0.39, 0.29) is 17.6 Å². The van der Waals surface area contributed by atoms with Crippen LogP contribution < -0.4 is 10.5 Å². The standard InChI is InChI=1S/C14H18FN3O/c1-18-11(7-8-17-18)4-5-13(16)10-3-6-14(19-2)12(15)9-10/h3,6-9,13H,4-5,16H2,1-2H3. The minimum absolute atomic E-state index is 0.199.